The molecule has 3 nitrogen and oxygen atoms in total. The lowest BCUT2D eigenvalue weighted by molar-refractivity contribution is 0.304. The lowest BCUT2D eigenvalue weighted by Gasteiger charge is -2.17. The Morgan fingerprint density at radius 2 is 1.77 bits per heavy atom. The highest BCUT2D eigenvalue weighted by molar-refractivity contribution is 5.46. The third kappa shape index (κ3) is 3.44. The van der Waals surface area contributed by atoms with E-state index in [9.17, 15) is 0 Å². The number of hydrogen-bond acceptors (Lipinski definition) is 2. The van der Waals surface area contributed by atoms with Gasteiger partial charge in [0.2, 0.25) is 0 Å². The molecule has 1 aromatic rings. The summed E-state index contributed by atoms with van der Waals surface area (Å²) in [5.74, 6) is 0. The first-order chi connectivity index (χ1) is 5.74. The second-order valence-corrected chi connectivity index (χ2v) is 2.98. The summed E-state index contributed by atoms with van der Waals surface area (Å²) < 4.78 is 0. The third-order valence-electron chi connectivity index (χ3n) is 1.91. The van der Waals surface area contributed by atoms with Crippen molar-refractivity contribution in [3.05, 3.63) is 29.8 Å². The minimum absolute atomic E-state index is 0. The molecule has 0 saturated heterocycles. The zero-order valence-corrected chi connectivity index (χ0v) is 8.12. The van der Waals surface area contributed by atoms with E-state index in [0.717, 1.165) is 5.69 Å². The van der Waals surface area contributed by atoms with Crippen LogP contribution in [0.2, 0.25) is 0 Å². The lowest BCUT2D eigenvalue weighted by atomic mass is 10.2. The summed E-state index contributed by atoms with van der Waals surface area (Å²) in [6, 6.07) is 8.27. The van der Waals surface area contributed by atoms with Gasteiger partial charge in [0.1, 0.15) is 0 Å². The number of rotatable bonds is 3. The second-order valence-electron chi connectivity index (χ2n) is 2.98. The molecule has 0 saturated carbocycles. The van der Waals surface area contributed by atoms with Crippen molar-refractivity contribution >= 4 is 5.69 Å². The standard InChI is InChI=1S/C10H15NO.H2O/c1-9-3-5-10(6-4-9)11(2)7-8-12;/h3-6,12H,7-8H2,1-2H3;1H2. The van der Waals surface area contributed by atoms with Crippen LogP contribution < -0.4 is 4.90 Å². The summed E-state index contributed by atoms with van der Waals surface area (Å²) in [6.45, 7) is 2.95. The molecule has 0 unspecified atom stereocenters. The van der Waals surface area contributed by atoms with Crippen LogP contribution in [0, 0.1) is 6.92 Å². The SMILES string of the molecule is Cc1ccc(N(C)CCO)cc1.O. The van der Waals surface area contributed by atoms with Gasteiger partial charge in [0.05, 0.1) is 6.61 Å². The number of aliphatic hydroxyl groups excluding tert-OH is 1. The predicted molar refractivity (Wildman–Crippen MR) is 55.1 cm³/mol. The summed E-state index contributed by atoms with van der Waals surface area (Å²) in [6.07, 6.45) is 0. The number of aryl methyl sites for hydroxylation is 1. The fourth-order valence-corrected chi connectivity index (χ4v) is 1.08. The molecule has 0 aliphatic heterocycles. The van der Waals surface area contributed by atoms with Gasteiger partial charge in [-0.25, -0.2) is 0 Å². The molecule has 0 aromatic heterocycles. The number of anilines is 1. The van der Waals surface area contributed by atoms with Crippen molar-refractivity contribution in [3.8, 4) is 0 Å². The Kier molecular flexibility index (Phi) is 5.11. The highest BCUT2D eigenvalue weighted by Gasteiger charge is 1.97. The summed E-state index contributed by atoms with van der Waals surface area (Å²) in [5.41, 5.74) is 2.41. The zero-order valence-electron chi connectivity index (χ0n) is 8.12. The first kappa shape index (κ1) is 11.9. The van der Waals surface area contributed by atoms with Gasteiger partial charge in [-0.05, 0) is 19.1 Å². The Hall–Kier alpha value is -1.06. The van der Waals surface area contributed by atoms with E-state index in [4.69, 9.17) is 5.11 Å². The topological polar surface area (TPSA) is 55.0 Å². The second kappa shape index (κ2) is 5.56. The molecular formula is C10H17NO2. The molecule has 0 radical (unpaired) electrons. The van der Waals surface area contributed by atoms with Crippen molar-refractivity contribution in [2.45, 2.75) is 6.92 Å². The smallest absolute Gasteiger partial charge is 0.0606 e. The molecule has 0 bridgehead atoms. The van der Waals surface area contributed by atoms with Crippen LogP contribution >= 0.6 is 0 Å². The van der Waals surface area contributed by atoms with Gasteiger partial charge >= 0.3 is 0 Å². The summed E-state index contributed by atoms with van der Waals surface area (Å²) >= 11 is 0. The van der Waals surface area contributed by atoms with Crippen LogP contribution in [0.25, 0.3) is 0 Å². The summed E-state index contributed by atoms with van der Waals surface area (Å²) in [5, 5.41) is 8.71. The van der Waals surface area contributed by atoms with Crippen molar-refractivity contribution in [1.29, 1.82) is 0 Å². The van der Waals surface area contributed by atoms with E-state index >= 15 is 0 Å². The Bertz CT molecular complexity index is 233. The Morgan fingerprint density at radius 1 is 1.23 bits per heavy atom. The molecule has 0 atom stereocenters. The average Bonchev–Trinajstić information content (AvgIpc) is 2.06. The maximum Gasteiger partial charge on any atom is 0.0606 e. The Morgan fingerprint density at radius 3 is 2.23 bits per heavy atom. The van der Waals surface area contributed by atoms with Crippen molar-refractivity contribution in [3.63, 3.8) is 0 Å². The minimum Gasteiger partial charge on any atom is -0.412 e. The highest BCUT2D eigenvalue weighted by atomic mass is 16.3. The van der Waals surface area contributed by atoms with Crippen molar-refractivity contribution in [2.24, 2.45) is 0 Å². The first-order valence-corrected chi connectivity index (χ1v) is 4.12. The minimum atomic E-state index is 0. The maximum atomic E-state index is 8.71. The quantitative estimate of drug-likeness (QED) is 0.746. The normalized spacial score (nSPS) is 9.15. The fourth-order valence-electron chi connectivity index (χ4n) is 1.08. The van der Waals surface area contributed by atoms with E-state index < -0.39 is 0 Å². The van der Waals surface area contributed by atoms with Gasteiger partial charge < -0.3 is 15.5 Å². The third-order valence-corrected chi connectivity index (χ3v) is 1.91. The molecule has 0 heterocycles. The molecular weight excluding hydrogens is 166 g/mol. The largest absolute Gasteiger partial charge is 0.412 e. The van der Waals surface area contributed by atoms with Crippen LogP contribution in [0.5, 0.6) is 0 Å². The molecule has 74 valence electrons. The zero-order chi connectivity index (χ0) is 8.97. The van der Waals surface area contributed by atoms with Crippen molar-refractivity contribution in [1.82, 2.24) is 0 Å². The average molecular weight is 183 g/mol. The lowest BCUT2D eigenvalue weighted by Crippen LogP contribution is -2.20. The van der Waals surface area contributed by atoms with Crippen molar-refractivity contribution < 1.29 is 10.6 Å². The molecule has 0 aliphatic rings. The molecule has 1 aromatic carbocycles. The molecule has 0 fully saturated rings. The molecule has 13 heavy (non-hydrogen) atoms. The van der Waals surface area contributed by atoms with E-state index in [1.807, 2.05) is 11.9 Å². The number of benzene rings is 1. The Labute approximate surface area is 78.9 Å². The molecule has 0 aliphatic carbocycles. The van der Waals surface area contributed by atoms with Gasteiger partial charge in [0, 0.05) is 19.3 Å². The van der Waals surface area contributed by atoms with Gasteiger partial charge in [-0.15, -0.1) is 0 Å². The van der Waals surface area contributed by atoms with Gasteiger partial charge in [0.25, 0.3) is 0 Å². The first-order valence-electron chi connectivity index (χ1n) is 4.12. The van der Waals surface area contributed by atoms with Gasteiger partial charge in [0.15, 0.2) is 0 Å². The Balaban J connectivity index is 0.00000144. The number of nitrogens with zero attached hydrogens (tertiary/aromatic N) is 1. The van der Waals surface area contributed by atoms with Crippen LogP contribution in [0.15, 0.2) is 24.3 Å². The predicted octanol–water partition coefficient (Wildman–Crippen LogP) is 0.599. The van der Waals surface area contributed by atoms with E-state index in [-0.39, 0.29) is 12.1 Å². The van der Waals surface area contributed by atoms with E-state index in [1.165, 1.54) is 5.56 Å². The van der Waals surface area contributed by atoms with Crippen LogP contribution in [0.3, 0.4) is 0 Å². The van der Waals surface area contributed by atoms with Crippen LogP contribution in [-0.4, -0.2) is 30.8 Å². The van der Waals surface area contributed by atoms with Crippen molar-refractivity contribution in [2.75, 3.05) is 25.1 Å². The molecule has 0 amide bonds. The van der Waals surface area contributed by atoms with Crippen LogP contribution in [0.4, 0.5) is 5.69 Å². The summed E-state index contributed by atoms with van der Waals surface area (Å²) in [4.78, 5) is 2.03. The number of aliphatic hydroxyl groups is 1. The van der Waals surface area contributed by atoms with E-state index in [2.05, 4.69) is 31.2 Å². The van der Waals surface area contributed by atoms with Crippen LogP contribution in [0.1, 0.15) is 5.56 Å². The molecule has 0 spiro atoms. The monoisotopic (exact) mass is 183 g/mol. The molecule has 3 heteroatoms. The van der Waals surface area contributed by atoms with Gasteiger partial charge in [-0.1, -0.05) is 17.7 Å². The van der Waals surface area contributed by atoms with E-state index in [0.29, 0.717) is 6.54 Å². The van der Waals surface area contributed by atoms with Gasteiger partial charge in [-0.2, -0.15) is 0 Å². The van der Waals surface area contributed by atoms with Crippen LogP contribution in [-0.2, 0) is 0 Å². The maximum absolute atomic E-state index is 8.71. The summed E-state index contributed by atoms with van der Waals surface area (Å²) in [7, 11) is 1.97. The molecule has 1 rings (SSSR count). The fraction of sp³-hybridized carbons (Fsp3) is 0.400. The van der Waals surface area contributed by atoms with Gasteiger partial charge in [-0.3, -0.25) is 0 Å². The van der Waals surface area contributed by atoms with E-state index in [1.54, 1.807) is 0 Å². The highest BCUT2D eigenvalue weighted by Crippen LogP contribution is 2.12. The number of hydrogen-bond donors (Lipinski definition) is 1. The molecule has 3 N–H and O–H groups in total. The number of likely N-dealkylation sites (N-methyl/N-ethyl adjacent to an activating group) is 1.